The van der Waals surface area contributed by atoms with Crippen molar-refractivity contribution in [1.82, 2.24) is 9.38 Å². The van der Waals surface area contributed by atoms with E-state index in [9.17, 15) is 9.90 Å². The van der Waals surface area contributed by atoms with E-state index in [1.807, 2.05) is 18.3 Å². The van der Waals surface area contributed by atoms with Crippen molar-refractivity contribution in [2.75, 3.05) is 31.2 Å². The van der Waals surface area contributed by atoms with Gasteiger partial charge in [0.1, 0.15) is 0 Å². The third-order valence-corrected chi connectivity index (χ3v) is 5.99. The van der Waals surface area contributed by atoms with E-state index < -0.39 is 5.97 Å². The molecule has 2 fully saturated rings. The normalized spacial score (nSPS) is 19.6. The molecular formula is C20H21N3O3. The average Bonchev–Trinajstić information content (AvgIpc) is 3.31. The van der Waals surface area contributed by atoms with Gasteiger partial charge in [-0.1, -0.05) is 0 Å². The molecule has 134 valence electrons. The SMILES string of the molecule is O=C(O)c1ccc2c(c1)nc(N1CCC3(CCOC3)CC1)c1cccn12. The Labute approximate surface area is 151 Å². The van der Waals surface area contributed by atoms with Gasteiger partial charge in [-0.3, -0.25) is 0 Å². The van der Waals surface area contributed by atoms with E-state index in [0.717, 1.165) is 62.4 Å². The van der Waals surface area contributed by atoms with Crippen LogP contribution >= 0.6 is 0 Å². The number of piperidine rings is 1. The summed E-state index contributed by atoms with van der Waals surface area (Å²) in [5.74, 6) is 0.0165. The Morgan fingerprint density at radius 2 is 2.00 bits per heavy atom. The maximum Gasteiger partial charge on any atom is 0.335 e. The summed E-state index contributed by atoms with van der Waals surface area (Å²) in [4.78, 5) is 18.5. The minimum atomic E-state index is -0.927. The molecule has 2 aliphatic rings. The molecule has 0 radical (unpaired) electrons. The number of nitrogens with zero attached hydrogens (tertiary/aromatic N) is 3. The van der Waals surface area contributed by atoms with Crippen molar-refractivity contribution >= 4 is 28.3 Å². The molecule has 0 bridgehead atoms. The quantitative estimate of drug-likeness (QED) is 0.768. The second kappa shape index (κ2) is 5.71. The standard InChI is InChI=1S/C20H21N3O3/c24-19(25)14-3-4-16-15(12-14)21-18(17-2-1-8-23(16)17)22-9-5-20(6-10-22)7-11-26-13-20/h1-4,8,12H,5-7,9-11,13H2,(H,24,25). The summed E-state index contributed by atoms with van der Waals surface area (Å²) in [5, 5.41) is 9.30. The molecule has 1 aromatic carbocycles. The fraction of sp³-hybridized carbons (Fsp3) is 0.400. The molecule has 0 atom stereocenters. The Morgan fingerprint density at radius 3 is 2.73 bits per heavy atom. The largest absolute Gasteiger partial charge is 0.478 e. The van der Waals surface area contributed by atoms with Gasteiger partial charge in [-0.2, -0.15) is 0 Å². The number of benzene rings is 1. The molecule has 2 aliphatic heterocycles. The number of hydrogen-bond acceptors (Lipinski definition) is 4. The summed E-state index contributed by atoms with van der Waals surface area (Å²) in [6.07, 6.45) is 5.41. The number of carboxylic acid groups (broad SMARTS) is 1. The van der Waals surface area contributed by atoms with Crippen LogP contribution in [0.4, 0.5) is 5.82 Å². The maximum absolute atomic E-state index is 11.3. The Morgan fingerprint density at radius 1 is 1.15 bits per heavy atom. The molecule has 4 heterocycles. The van der Waals surface area contributed by atoms with Crippen LogP contribution in [0.15, 0.2) is 36.5 Å². The van der Waals surface area contributed by atoms with Crippen LogP contribution in [0.5, 0.6) is 0 Å². The van der Waals surface area contributed by atoms with Crippen LogP contribution in [0, 0.1) is 5.41 Å². The number of carbonyl (C=O) groups is 1. The van der Waals surface area contributed by atoms with Gasteiger partial charge < -0.3 is 19.1 Å². The number of aromatic carboxylic acids is 1. The molecule has 0 saturated carbocycles. The van der Waals surface area contributed by atoms with Gasteiger partial charge in [0.15, 0.2) is 5.82 Å². The lowest BCUT2D eigenvalue weighted by Gasteiger charge is -2.39. The monoisotopic (exact) mass is 351 g/mol. The second-order valence-corrected chi connectivity index (χ2v) is 7.50. The zero-order chi connectivity index (χ0) is 17.7. The molecule has 2 aromatic heterocycles. The molecule has 0 unspecified atom stereocenters. The number of carboxylic acids is 1. The molecule has 3 aromatic rings. The molecule has 2 saturated heterocycles. The van der Waals surface area contributed by atoms with Crippen molar-refractivity contribution in [3.63, 3.8) is 0 Å². The average molecular weight is 351 g/mol. The van der Waals surface area contributed by atoms with Crippen molar-refractivity contribution in [3.8, 4) is 0 Å². The summed E-state index contributed by atoms with van der Waals surface area (Å²) in [6.45, 7) is 3.69. The zero-order valence-electron chi connectivity index (χ0n) is 14.5. The summed E-state index contributed by atoms with van der Waals surface area (Å²) >= 11 is 0. The van der Waals surface area contributed by atoms with Crippen LogP contribution < -0.4 is 4.90 Å². The molecule has 6 nitrogen and oxygen atoms in total. The summed E-state index contributed by atoms with van der Waals surface area (Å²) < 4.78 is 7.74. The first-order valence-corrected chi connectivity index (χ1v) is 9.12. The minimum Gasteiger partial charge on any atom is -0.478 e. The van der Waals surface area contributed by atoms with E-state index in [2.05, 4.69) is 15.4 Å². The first-order chi connectivity index (χ1) is 12.7. The topological polar surface area (TPSA) is 67.1 Å². The highest BCUT2D eigenvalue weighted by atomic mass is 16.5. The third kappa shape index (κ3) is 2.36. The molecular weight excluding hydrogens is 330 g/mol. The second-order valence-electron chi connectivity index (χ2n) is 7.50. The molecule has 1 N–H and O–H groups in total. The van der Waals surface area contributed by atoms with Crippen LogP contribution in [-0.2, 0) is 4.74 Å². The minimum absolute atomic E-state index is 0.267. The Bertz CT molecular complexity index is 994. The lowest BCUT2D eigenvalue weighted by Crippen LogP contribution is -2.41. The van der Waals surface area contributed by atoms with Gasteiger partial charge in [0.05, 0.1) is 28.7 Å². The highest BCUT2D eigenvalue weighted by Crippen LogP contribution is 2.40. The maximum atomic E-state index is 11.3. The molecule has 0 amide bonds. The summed E-state index contributed by atoms with van der Waals surface area (Å²) in [5.41, 5.74) is 3.33. The van der Waals surface area contributed by atoms with E-state index in [1.165, 1.54) is 0 Å². The summed E-state index contributed by atoms with van der Waals surface area (Å²) in [7, 11) is 0. The predicted octanol–water partition coefficient (Wildman–Crippen LogP) is 3.19. The van der Waals surface area contributed by atoms with Crippen LogP contribution in [0.3, 0.4) is 0 Å². The number of ether oxygens (including phenoxy) is 1. The fourth-order valence-corrected chi connectivity index (χ4v) is 4.36. The molecule has 0 aliphatic carbocycles. The fourth-order valence-electron chi connectivity index (χ4n) is 4.36. The van der Waals surface area contributed by atoms with Crippen LogP contribution in [0.25, 0.3) is 16.6 Å². The molecule has 6 heteroatoms. The van der Waals surface area contributed by atoms with E-state index >= 15 is 0 Å². The number of rotatable bonds is 2. The lowest BCUT2D eigenvalue weighted by atomic mass is 9.78. The van der Waals surface area contributed by atoms with Crippen LogP contribution in [0.2, 0.25) is 0 Å². The number of anilines is 1. The zero-order valence-corrected chi connectivity index (χ0v) is 14.5. The van der Waals surface area contributed by atoms with Gasteiger partial charge in [-0.05, 0) is 55.0 Å². The lowest BCUT2D eigenvalue weighted by molar-refractivity contribution is 0.0697. The van der Waals surface area contributed by atoms with Crippen LogP contribution in [-0.4, -0.2) is 46.8 Å². The first kappa shape index (κ1) is 15.6. The van der Waals surface area contributed by atoms with Crippen molar-refractivity contribution in [2.45, 2.75) is 19.3 Å². The third-order valence-electron chi connectivity index (χ3n) is 5.99. The Kier molecular flexibility index (Phi) is 3.43. The van der Waals surface area contributed by atoms with Crippen molar-refractivity contribution in [3.05, 3.63) is 42.1 Å². The van der Waals surface area contributed by atoms with Gasteiger partial charge in [0, 0.05) is 25.9 Å². The number of fused-ring (bicyclic) bond motifs is 3. The van der Waals surface area contributed by atoms with Crippen molar-refractivity contribution < 1.29 is 14.6 Å². The smallest absolute Gasteiger partial charge is 0.335 e. The van der Waals surface area contributed by atoms with Gasteiger partial charge in [0.2, 0.25) is 0 Å². The van der Waals surface area contributed by atoms with Gasteiger partial charge in [0.25, 0.3) is 0 Å². The van der Waals surface area contributed by atoms with Crippen molar-refractivity contribution in [1.29, 1.82) is 0 Å². The summed E-state index contributed by atoms with van der Waals surface area (Å²) in [6, 6.07) is 9.23. The number of aromatic nitrogens is 2. The van der Waals surface area contributed by atoms with E-state index in [4.69, 9.17) is 9.72 Å². The molecule has 26 heavy (non-hydrogen) atoms. The molecule has 1 spiro atoms. The predicted molar refractivity (Wildman–Crippen MR) is 99.0 cm³/mol. The highest BCUT2D eigenvalue weighted by Gasteiger charge is 2.38. The van der Waals surface area contributed by atoms with E-state index in [-0.39, 0.29) is 5.56 Å². The first-order valence-electron chi connectivity index (χ1n) is 9.12. The van der Waals surface area contributed by atoms with Gasteiger partial charge in [-0.15, -0.1) is 0 Å². The van der Waals surface area contributed by atoms with Gasteiger partial charge in [-0.25, -0.2) is 9.78 Å². The molecule has 5 rings (SSSR count). The highest BCUT2D eigenvalue weighted by molar-refractivity contribution is 5.94. The van der Waals surface area contributed by atoms with E-state index in [0.29, 0.717) is 10.9 Å². The Balaban J connectivity index is 1.57. The Hall–Kier alpha value is -2.60. The van der Waals surface area contributed by atoms with Crippen LogP contribution in [0.1, 0.15) is 29.6 Å². The van der Waals surface area contributed by atoms with E-state index in [1.54, 1.807) is 12.1 Å². The van der Waals surface area contributed by atoms with Crippen molar-refractivity contribution in [2.24, 2.45) is 5.41 Å². The number of hydrogen-bond donors (Lipinski definition) is 1. The van der Waals surface area contributed by atoms with Gasteiger partial charge >= 0.3 is 5.97 Å².